The first kappa shape index (κ1) is 14.9. The Balaban J connectivity index is 2.13. The van der Waals surface area contributed by atoms with Gasteiger partial charge in [0.25, 0.3) is 0 Å². The van der Waals surface area contributed by atoms with Crippen LogP contribution in [0.25, 0.3) is 10.1 Å². The fraction of sp³-hybridized carbons (Fsp3) is 0.0667. The molecule has 3 rings (SSSR count). The van der Waals surface area contributed by atoms with Gasteiger partial charge in [0.05, 0.1) is 4.83 Å². The van der Waals surface area contributed by atoms with E-state index in [4.69, 9.17) is 23.2 Å². The summed E-state index contributed by atoms with van der Waals surface area (Å²) in [6, 6.07) is 11.9. The van der Waals surface area contributed by atoms with E-state index >= 15 is 0 Å². The van der Waals surface area contributed by atoms with E-state index in [2.05, 4.69) is 49.4 Å². The second-order valence-corrected chi connectivity index (χ2v) is 7.90. The molecule has 1 atom stereocenters. The van der Waals surface area contributed by atoms with Crippen molar-refractivity contribution in [1.29, 1.82) is 0 Å². The van der Waals surface area contributed by atoms with Crippen molar-refractivity contribution in [3.05, 3.63) is 67.4 Å². The lowest BCUT2D eigenvalue weighted by Crippen LogP contribution is -1.91. The molecule has 2 aromatic carbocycles. The Labute approximate surface area is 148 Å². The fourth-order valence-corrected chi connectivity index (χ4v) is 5.15. The fourth-order valence-electron chi connectivity index (χ4n) is 2.14. The highest BCUT2D eigenvalue weighted by atomic mass is 79.9. The van der Waals surface area contributed by atoms with Crippen molar-refractivity contribution in [3.63, 3.8) is 0 Å². The van der Waals surface area contributed by atoms with Crippen molar-refractivity contribution in [3.8, 4) is 0 Å². The highest BCUT2D eigenvalue weighted by Crippen LogP contribution is 2.41. The summed E-state index contributed by atoms with van der Waals surface area (Å²) < 4.78 is 2.37. The van der Waals surface area contributed by atoms with E-state index in [1.54, 1.807) is 17.4 Å². The number of halogens is 4. The van der Waals surface area contributed by atoms with Crippen molar-refractivity contribution >= 4 is 76.5 Å². The first-order chi connectivity index (χ1) is 9.56. The zero-order chi connectivity index (χ0) is 14.3. The minimum atomic E-state index is 0.0711. The molecule has 0 aliphatic carbocycles. The molecule has 0 amide bonds. The molecular formula is C15H8Br2Cl2S. The Hall–Kier alpha value is -0.0600. The number of rotatable bonds is 2. The quantitative estimate of drug-likeness (QED) is 0.355. The summed E-state index contributed by atoms with van der Waals surface area (Å²) in [4.78, 5) is 0.0711. The summed E-state index contributed by atoms with van der Waals surface area (Å²) in [5.74, 6) is 0. The van der Waals surface area contributed by atoms with Crippen molar-refractivity contribution < 1.29 is 0 Å². The normalized spacial score (nSPS) is 12.8. The van der Waals surface area contributed by atoms with Gasteiger partial charge in [0, 0.05) is 19.2 Å². The summed E-state index contributed by atoms with van der Waals surface area (Å²) in [5, 5.41) is 4.71. The van der Waals surface area contributed by atoms with Crippen molar-refractivity contribution in [2.24, 2.45) is 0 Å². The van der Waals surface area contributed by atoms with Crippen LogP contribution in [0.5, 0.6) is 0 Å². The summed E-state index contributed by atoms with van der Waals surface area (Å²) in [5.41, 5.74) is 2.28. The van der Waals surface area contributed by atoms with Crippen LogP contribution in [0.3, 0.4) is 0 Å². The number of fused-ring (bicyclic) bond motifs is 1. The average Bonchev–Trinajstić information content (AvgIpc) is 2.82. The maximum absolute atomic E-state index is 6.09. The van der Waals surface area contributed by atoms with Gasteiger partial charge in [-0.25, -0.2) is 0 Å². The SMILES string of the molecule is Clc1cc(Cl)cc(C(Br)c2csc3c(Br)cccc23)c1. The standard InChI is InChI=1S/C15H8Br2Cl2S/c16-13-3-1-2-11-12(7-20-15(11)13)14(17)8-4-9(18)6-10(19)5-8/h1-7,14H. The first-order valence-electron chi connectivity index (χ1n) is 5.82. The predicted octanol–water partition coefficient (Wildman–Crippen LogP) is 7.45. The van der Waals surface area contributed by atoms with E-state index in [9.17, 15) is 0 Å². The Morgan fingerprint density at radius 3 is 2.45 bits per heavy atom. The third-order valence-electron chi connectivity index (χ3n) is 3.03. The molecule has 0 nitrogen and oxygen atoms in total. The highest BCUT2D eigenvalue weighted by Gasteiger charge is 2.17. The lowest BCUT2D eigenvalue weighted by atomic mass is 10.0. The molecule has 1 aromatic heterocycles. The van der Waals surface area contributed by atoms with Gasteiger partial charge >= 0.3 is 0 Å². The van der Waals surface area contributed by atoms with Gasteiger partial charge in [-0.05, 0) is 62.1 Å². The molecule has 0 aliphatic heterocycles. The average molecular weight is 451 g/mol. The number of benzene rings is 2. The van der Waals surface area contributed by atoms with Crippen LogP contribution in [0.4, 0.5) is 0 Å². The number of thiophene rings is 1. The minimum absolute atomic E-state index is 0.0711. The van der Waals surface area contributed by atoms with E-state index in [0.29, 0.717) is 10.0 Å². The maximum Gasteiger partial charge on any atom is 0.0659 e. The van der Waals surface area contributed by atoms with E-state index in [1.807, 2.05) is 18.2 Å². The van der Waals surface area contributed by atoms with Crippen LogP contribution in [-0.2, 0) is 0 Å². The largest absolute Gasteiger partial charge is 0.142 e. The molecule has 0 saturated carbocycles. The van der Waals surface area contributed by atoms with Crippen molar-refractivity contribution in [2.45, 2.75) is 4.83 Å². The molecule has 0 N–H and O–H groups in total. The number of hydrogen-bond acceptors (Lipinski definition) is 1. The summed E-state index contributed by atoms with van der Waals surface area (Å²) in [6.45, 7) is 0. The van der Waals surface area contributed by atoms with Gasteiger partial charge in [0.2, 0.25) is 0 Å². The monoisotopic (exact) mass is 448 g/mol. The molecule has 0 spiro atoms. The highest BCUT2D eigenvalue weighted by molar-refractivity contribution is 9.10. The molecule has 1 unspecified atom stereocenters. The Morgan fingerprint density at radius 1 is 1.05 bits per heavy atom. The molecule has 0 bridgehead atoms. The van der Waals surface area contributed by atoms with Gasteiger partial charge in [-0.2, -0.15) is 0 Å². The predicted molar refractivity (Wildman–Crippen MR) is 96.8 cm³/mol. The number of hydrogen-bond donors (Lipinski definition) is 0. The summed E-state index contributed by atoms with van der Waals surface area (Å²) in [6.07, 6.45) is 0. The molecule has 0 saturated heterocycles. The van der Waals surface area contributed by atoms with Crippen LogP contribution in [0.2, 0.25) is 10.0 Å². The van der Waals surface area contributed by atoms with Crippen molar-refractivity contribution in [2.75, 3.05) is 0 Å². The third kappa shape index (κ3) is 2.79. The van der Waals surface area contributed by atoms with Gasteiger partial charge in [-0.3, -0.25) is 0 Å². The van der Waals surface area contributed by atoms with Crippen LogP contribution in [0, 0.1) is 0 Å². The summed E-state index contributed by atoms with van der Waals surface area (Å²) in [7, 11) is 0. The Bertz CT molecular complexity index is 762. The van der Waals surface area contributed by atoms with Gasteiger partial charge in [0.15, 0.2) is 0 Å². The van der Waals surface area contributed by atoms with Crippen LogP contribution < -0.4 is 0 Å². The first-order valence-corrected chi connectivity index (χ1v) is 9.16. The van der Waals surface area contributed by atoms with Gasteiger partial charge < -0.3 is 0 Å². The van der Waals surface area contributed by atoms with Crippen LogP contribution in [-0.4, -0.2) is 0 Å². The molecule has 0 aliphatic rings. The van der Waals surface area contributed by atoms with Crippen LogP contribution >= 0.6 is 66.4 Å². The smallest absolute Gasteiger partial charge is 0.0659 e. The summed E-state index contributed by atoms with van der Waals surface area (Å²) >= 11 is 21.3. The molecule has 3 aromatic rings. The second kappa shape index (κ2) is 5.98. The van der Waals surface area contributed by atoms with E-state index in [0.717, 1.165) is 10.0 Å². The number of alkyl halides is 1. The van der Waals surface area contributed by atoms with E-state index in [-0.39, 0.29) is 4.83 Å². The molecule has 0 fully saturated rings. The topological polar surface area (TPSA) is 0 Å². The lowest BCUT2D eigenvalue weighted by molar-refractivity contribution is 1.21. The maximum atomic E-state index is 6.09. The zero-order valence-electron chi connectivity index (χ0n) is 10.0. The molecule has 5 heteroatoms. The molecule has 0 radical (unpaired) electrons. The Morgan fingerprint density at radius 2 is 1.75 bits per heavy atom. The second-order valence-electron chi connectivity index (χ2n) is 4.37. The van der Waals surface area contributed by atoms with E-state index < -0.39 is 0 Å². The minimum Gasteiger partial charge on any atom is -0.142 e. The molecule has 102 valence electrons. The van der Waals surface area contributed by atoms with E-state index in [1.165, 1.54) is 15.6 Å². The zero-order valence-corrected chi connectivity index (χ0v) is 15.5. The Kier molecular flexibility index (Phi) is 4.44. The lowest BCUT2D eigenvalue weighted by Gasteiger charge is -2.11. The molecule has 20 heavy (non-hydrogen) atoms. The van der Waals surface area contributed by atoms with Gasteiger partial charge in [-0.15, -0.1) is 11.3 Å². The third-order valence-corrected chi connectivity index (χ3v) is 6.46. The van der Waals surface area contributed by atoms with Crippen LogP contribution in [0.1, 0.15) is 16.0 Å². The molecule has 1 heterocycles. The van der Waals surface area contributed by atoms with Crippen molar-refractivity contribution in [1.82, 2.24) is 0 Å². The molecular weight excluding hydrogens is 443 g/mol. The van der Waals surface area contributed by atoms with Crippen LogP contribution in [0.15, 0.2) is 46.3 Å². The van der Waals surface area contributed by atoms with Gasteiger partial charge in [-0.1, -0.05) is 51.3 Å². The van der Waals surface area contributed by atoms with Gasteiger partial charge in [0.1, 0.15) is 0 Å².